The molecule has 1 radical (unpaired) electrons. The number of pyridine rings is 1. The monoisotopic (exact) mass is 418 g/mol. The van der Waals surface area contributed by atoms with Crippen LogP contribution in [0.2, 0.25) is 0 Å². The molecular weight excluding hydrogens is 405 g/mol. The van der Waals surface area contributed by atoms with E-state index in [2.05, 4.69) is 38.3 Å². The number of halogens is 2. The van der Waals surface area contributed by atoms with Gasteiger partial charge in [-0.05, 0) is 48.0 Å². The SMILES string of the molecule is [CH2]C(NC(=O)O)(c1ccccc1F)c1c(C)noc1-c1ccc(Br)cn1. The zero-order valence-corrected chi connectivity index (χ0v) is 15.2. The van der Waals surface area contributed by atoms with Gasteiger partial charge in [-0.1, -0.05) is 23.4 Å². The lowest BCUT2D eigenvalue weighted by Crippen LogP contribution is -2.45. The van der Waals surface area contributed by atoms with Crippen molar-refractivity contribution in [1.82, 2.24) is 15.5 Å². The topological polar surface area (TPSA) is 88.2 Å². The zero-order valence-electron chi connectivity index (χ0n) is 13.7. The lowest BCUT2D eigenvalue weighted by atomic mass is 9.82. The van der Waals surface area contributed by atoms with Crippen molar-refractivity contribution in [2.24, 2.45) is 0 Å². The molecule has 0 spiro atoms. The Labute approximate surface area is 157 Å². The molecular formula is C18H14BrFN3O3. The standard InChI is InChI=1S/C18H14BrFN3O3/c1-10-15(16(26-23-10)14-8-7-11(19)9-21-14)18(2,22-17(24)25)12-5-3-4-6-13(12)20/h3-9,22H,2H2,1H3,(H,24,25). The minimum atomic E-state index is -1.68. The van der Waals surface area contributed by atoms with Crippen LogP contribution in [-0.4, -0.2) is 21.3 Å². The molecule has 2 heterocycles. The highest BCUT2D eigenvalue weighted by Gasteiger charge is 2.40. The fourth-order valence-corrected chi connectivity index (χ4v) is 3.05. The molecule has 0 aliphatic carbocycles. The number of carboxylic acid groups (broad SMARTS) is 1. The van der Waals surface area contributed by atoms with Crippen LogP contribution < -0.4 is 5.32 Å². The van der Waals surface area contributed by atoms with Crippen molar-refractivity contribution in [3.05, 3.63) is 76.6 Å². The molecule has 2 aromatic heterocycles. The molecule has 1 unspecified atom stereocenters. The summed E-state index contributed by atoms with van der Waals surface area (Å²) in [6.07, 6.45) is 0.203. The summed E-state index contributed by atoms with van der Waals surface area (Å²) in [6.45, 7) is 5.61. The van der Waals surface area contributed by atoms with E-state index in [-0.39, 0.29) is 11.3 Å². The second kappa shape index (κ2) is 6.87. The summed E-state index contributed by atoms with van der Waals surface area (Å²) in [7, 11) is 0. The van der Waals surface area contributed by atoms with Gasteiger partial charge in [0.05, 0.1) is 11.3 Å². The molecule has 0 bridgehead atoms. The molecule has 8 heteroatoms. The van der Waals surface area contributed by atoms with Crippen molar-refractivity contribution in [3.63, 3.8) is 0 Å². The van der Waals surface area contributed by atoms with Gasteiger partial charge in [0.1, 0.15) is 17.1 Å². The summed E-state index contributed by atoms with van der Waals surface area (Å²) in [5.74, 6) is -0.395. The summed E-state index contributed by atoms with van der Waals surface area (Å²) in [4.78, 5) is 15.7. The maximum atomic E-state index is 14.5. The van der Waals surface area contributed by atoms with Gasteiger partial charge in [-0.3, -0.25) is 4.98 Å². The number of benzene rings is 1. The van der Waals surface area contributed by atoms with Crippen LogP contribution in [0.4, 0.5) is 9.18 Å². The lowest BCUT2D eigenvalue weighted by molar-refractivity contribution is 0.186. The van der Waals surface area contributed by atoms with E-state index in [1.54, 1.807) is 31.3 Å². The molecule has 0 saturated carbocycles. The summed E-state index contributed by atoms with van der Waals surface area (Å²) in [5.41, 5.74) is -0.547. The molecule has 0 aliphatic heterocycles. The zero-order chi connectivity index (χ0) is 18.9. The second-order valence-electron chi connectivity index (χ2n) is 5.65. The molecule has 0 aliphatic rings. The first kappa shape index (κ1) is 18.1. The predicted molar refractivity (Wildman–Crippen MR) is 95.9 cm³/mol. The summed E-state index contributed by atoms with van der Waals surface area (Å²) in [6, 6.07) is 9.24. The van der Waals surface area contributed by atoms with E-state index in [4.69, 9.17) is 4.52 Å². The maximum Gasteiger partial charge on any atom is 0.405 e. The maximum absolute atomic E-state index is 14.5. The Morgan fingerprint density at radius 1 is 1.35 bits per heavy atom. The van der Waals surface area contributed by atoms with Gasteiger partial charge in [0.2, 0.25) is 0 Å². The van der Waals surface area contributed by atoms with E-state index in [0.717, 1.165) is 4.47 Å². The highest BCUT2D eigenvalue weighted by molar-refractivity contribution is 9.10. The van der Waals surface area contributed by atoms with Crippen LogP contribution in [0.3, 0.4) is 0 Å². The Bertz CT molecular complexity index is 959. The molecule has 3 rings (SSSR count). The van der Waals surface area contributed by atoms with Crippen molar-refractivity contribution in [1.29, 1.82) is 0 Å². The number of hydrogen-bond donors (Lipinski definition) is 2. The number of hydrogen-bond acceptors (Lipinski definition) is 4. The summed E-state index contributed by atoms with van der Waals surface area (Å²) in [5, 5.41) is 15.6. The fraction of sp³-hybridized carbons (Fsp3) is 0.111. The van der Waals surface area contributed by atoms with Gasteiger partial charge in [-0.25, -0.2) is 9.18 Å². The summed E-state index contributed by atoms with van der Waals surface area (Å²) >= 11 is 3.30. The van der Waals surface area contributed by atoms with Gasteiger partial charge < -0.3 is 14.9 Å². The first-order valence-electron chi connectivity index (χ1n) is 7.53. The second-order valence-corrected chi connectivity index (χ2v) is 6.56. The molecule has 0 saturated heterocycles. The van der Waals surface area contributed by atoms with E-state index in [1.807, 2.05) is 0 Å². The average Bonchev–Trinajstić information content (AvgIpc) is 2.97. The van der Waals surface area contributed by atoms with Crippen molar-refractivity contribution >= 4 is 22.0 Å². The van der Waals surface area contributed by atoms with Crippen LogP contribution >= 0.6 is 15.9 Å². The average molecular weight is 419 g/mol. The normalized spacial score (nSPS) is 13.2. The van der Waals surface area contributed by atoms with E-state index in [9.17, 15) is 14.3 Å². The molecule has 1 atom stereocenters. The van der Waals surface area contributed by atoms with Gasteiger partial charge in [-0.2, -0.15) is 0 Å². The first-order valence-corrected chi connectivity index (χ1v) is 8.32. The lowest BCUT2D eigenvalue weighted by Gasteiger charge is -2.30. The third-order valence-corrected chi connectivity index (χ3v) is 4.37. The molecule has 133 valence electrons. The molecule has 2 N–H and O–H groups in total. The molecule has 6 nitrogen and oxygen atoms in total. The number of carbonyl (C=O) groups is 1. The van der Waals surface area contributed by atoms with Gasteiger partial charge in [0.15, 0.2) is 5.76 Å². The van der Waals surface area contributed by atoms with Crippen LogP contribution in [0.25, 0.3) is 11.5 Å². The van der Waals surface area contributed by atoms with Gasteiger partial charge in [-0.15, -0.1) is 0 Å². The minimum absolute atomic E-state index is 0.0482. The van der Waals surface area contributed by atoms with Crippen molar-refractivity contribution in [2.75, 3.05) is 0 Å². The number of nitrogens with one attached hydrogen (secondary N) is 1. The van der Waals surface area contributed by atoms with Gasteiger partial charge in [0, 0.05) is 16.2 Å². The molecule has 1 amide bonds. The quantitative estimate of drug-likeness (QED) is 0.659. The molecule has 3 aromatic rings. The number of aromatic nitrogens is 2. The third-order valence-electron chi connectivity index (χ3n) is 3.90. The Balaban J connectivity index is 2.26. The van der Waals surface area contributed by atoms with Crippen molar-refractivity contribution in [3.8, 4) is 11.5 Å². The van der Waals surface area contributed by atoms with Crippen LogP contribution in [0.1, 0.15) is 16.8 Å². The van der Waals surface area contributed by atoms with Gasteiger partial charge in [0.25, 0.3) is 0 Å². The number of nitrogens with zero attached hydrogens (tertiary/aromatic N) is 2. The van der Waals surface area contributed by atoms with E-state index < -0.39 is 17.4 Å². The van der Waals surface area contributed by atoms with Crippen LogP contribution in [-0.2, 0) is 5.54 Å². The first-order chi connectivity index (χ1) is 12.3. The molecule has 0 fully saturated rings. The predicted octanol–water partition coefficient (Wildman–Crippen LogP) is 4.29. The molecule has 1 aromatic carbocycles. The van der Waals surface area contributed by atoms with Crippen LogP contribution in [0.5, 0.6) is 0 Å². The smallest absolute Gasteiger partial charge is 0.405 e. The van der Waals surface area contributed by atoms with E-state index >= 15 is 0 Å². The summed E-state index contributed by atoms with van der Waals surface area (Å²) < 4.78 is 20.6. The van der Waals surface area contributed by atoms with E-state index in [0.29, 0.717) is 17.0 Å². The van der Waals surface area contributed by atoms with Crippen molar-refractivity contribution in [2.45, 2.75) is 12.5 Å². The van der Waals surface area contributed by atoms with E-state index in [1.165, 1.54) is 18.2 Å². The number of rotatable bonds is 4. The minimum Gasteiger partial charge on any atom is -0.465 e. The third kappa shape index (κ3) is 3.20. The Hall–Kier alpha value is -2.74. The highest BCUT2D eigenvalue weighted by Crippen LogP contribution is 2.39. The highest BCUT2D eigenvalue weighted by atomic mass is 79.9. The van der Waals surface area contributed by atoms with Crippen LogP contribution in [0.15, 0.2) is 51.6 Å². The van der Waals surface area contributed by atoms with Crippen LogP contribution in [0, 0.1) is 19.7 Å². The molecule has 26 heavy (non-hydrogen) atoms. The van der Waals surface area contributed by atoms with Crippen molar-refractivity contribution < 1.29 is 18.8 Å². The largest absolute Gasteiger partial charge is 0.465 e. The van der Waals surface area contributed by atoms with Gasteiger partial charge >= 0.3 is 6.09 Å². The Morgan fingerprint density at radius 2 is 2.08 bits per heavy atom. The number of aryl methyl sites for hydroxylation is 1. The Morgan fingerprint density at radius 3 is 2.69 bits per heavy atom. The Kier molecular flexibility index (Phi) is 4.78. The number of amides is 1. The fourth-order valence-electron chi connectivity index (χ4n) is 2.81.